The van der Waals surface area contributed by atoms with E-state index in [-0.39, 0.29) is 5.92 Å². The minimum Gasteiger partial charge on any atom is -0.239 e. The third kappa shape index (κ3) is 2.36. The zero-order valence-electron chi connectivity index (χ0n) is 7.16. The topological polar surface area (TPSA) is 0 Å². The number of rotatable bonds is 2. The van der Waals surface area contributed by atoms with Crippen molar-refractivity contribution < 1.29 is 4.39 Å². The molecule has 0 nitrogen and oxygen atoms in total. The second kappa shape index (κ2) is 3.03. The molecule has 0 fully saturated rings. The molecule has 0 N–H and O–H groups in total. The smallest absolute Gasteiger partial charge is 0.134 e. The van der Waals surface area contributed by atoms with Crippen molar-refractivity contribution in [2.45, 2.75) is 33.4 Å². The van der Waals surface area contributed by atoms with Gasteiger partial charge in [-0.05, 0) is 19.8 Å². The second-order valence-electron chi connectivity index (χ2n) is 3.22. The van der Waals surface area contributed by atoms with Crippen molar-refractivity contribution in [3.63, 3.8) is 0 Å². The first kappa shape index (κ1) is 9.45. The lowest BCUT2D eigenvalue weighted by atomic mass is 9.91. The molecule has 0 bridgehead atoms. The van der Waals surface area contributed by atoms with Gasteiger partial charge in [0, 0.05) is 5.57 Å². The minimum absolute atomic E-state index is 0.192. The van der Waals surface area contributed by atoms with Crippen LogP contribution in [-0.4, -0.2) is 5.67 Å². The lowest BCUT2D eigenvalue weighted by molar-refractivity contribution is 0.251. The monoisotopic (exact) mass is 142 g/mol. The van der Waals surface area contributed by atoms with Gasteiger partial charge in [-0.15, -0.1) is 5.73 Å². The summed E-state index contributed by atoms with van der Waals surface area (Å²) in [5, 5.41) is 0. The Morgan fingerprint density at radius 3 is 1.90 bits per heavy atom. The summed E-state index contributed by atoms with van der Waals surface area (Å²) >= 11 is 0. The van der Waals surface area contributed by atoms with Crippen LogP contribution in [0.25, 0.3) is 0 Å². The van der Waals surface area contributed by atoms with Crippen molar-refractivity contribution in [2.24, 2.45) is 5.92 Å². The lowest BCUT2D eigenvalue weighted by Gasteiger charge is -2.19. The SMILES string of the molecule is C=C=C(C(C)C)C(C)(C)F. The van der Waals surface area contributed by atoms with Gasteiger partial charge in [0.05, 0.1) is 0 Å². The Labute approximate surface area is 62.4 Å². The molecule has 0 saturated heterocycles. The van der Waals surface area contributed by atoms with Gasteiger partial charge >= 0.3 is 0 Å². The molecule has 1 heteroatoms. The van der Waals surface area contributed by atoms with Crippen LogP contribution in [0.5, 0.6) is 0 Å². The van der Waals surface area contributed by atoms with Crippen LogP contribution in [0.15, 0.2) is 17.9 Å². The highest BCUT2D eigenvalue weighted by Crippen LogP contribution is 2.25. The average molecular weight is 142 g/mol. The van der Waals surface area contributed by atoms with E-state index >= 15 is 0 Å². The molecule has 0 aliphatic carbocycles. The van der Waals surface area contributed by atoms with Crippen molar-refractivity contribution in [2.75, 3.05) is 0 Å². The van der Waals surface area contributed by atoms with Gasteiger partial charge in [-0.3, -0.25) is 0 Å². The maximum Gasteiger partial charge on any atom is 0.134 e. The van der Waals surface area contributed by atoms with Gasteiger partial charge in [0.2, 0.25) is 0 Å². The largest absolute Gasteiger partial charge is 0.239 e. The van der Waals surface area contributed by atoms with Crippen LogP contribution in [0.4, 0.5) is 4.39 Å². The number of halogens is 1. The van der Waals surface area contributed by atoms with Crippen LogP contribution >= 0.6 is 0 Å². The third-order valence-corrected chi connectivity index (χ3v) is 1.41. The maximum atomic E-state index is 13.2. The molecule has 0 heterocycles. The quantitative estimate of drug-likeness (QED) is 0.520. The number of allylic oxidation sites excluding steroid dienone is 1. The van der Waals surface area contributed by atoms with E-state index < -0.39 is 5.67 Å². The van der Waals surface area contributed by atoms with Gasteiger partial charge in [-0.2, -0.15) is 0 Å². The van der Waals surface area contributed by atoms with E-state index in [0.29, 0.717) is 5.57 Å². The van der Waals surface area contributed by atoms with Crippen molar-refractivity contribution >= 4 is 0 Å². The molecule has 0 amide bonds. The summed E-state index contributed by atoms with van der Waals surface area (Å²) in [6.45, 7) is 10.4. The van der Waals surface area contributed by atoms with Gasteiger partial charge < -0.3 is 0 Å². The fourth-order valence-corrected chi connectivity index (χ4v) is 1.10. The Morgan fingerprint density at radius 1 is 1.50 bits per heavy atom. The summed E-state index contributed by atoms with van der Waals surface area (Å²) in [4.78, 5) is 0. The highest BCUT2D eigenvalue weighted by atomic mass is 19.1. The fraction of sp³-hybridized carbons (Fsp3) is 0.667. The molecule has 0 spiro atoms. The summed E-state index contributed by atoms with van der Waals surface area (Å²) in [5.41, 5.74) is 2.01. The molecule has 0 saturated carbocycles. The molecular formula is C9H15F. The zero-order chi connectivity index (χ0) is 8.36. The van der Waals surface area contributed by atoms with Gasteiger partial charge in [0.25, 0.3) is 0 Å². The van der Waals surface area contributed by atoms with Gasteiger partial charge in [0.15, 0.2) is 0 Å². The molecule has 0 aromatic carbocycles. The van der Waals surface area contributed by atoms with Gasteiger partial charge in [0.1, 0.15) is 5.67 Å². The molecule has 0 aromatic rings. The van der Waals surface area contributed by atoms with Gasteiger partial charge in [-0.25, -0.2) is 4.39 Å². The number of hydrogen-bond acceptors (Lipinski definition) is 0. The first-order valence-electron chi connectivity index (χ1n) is 3.49. The maximum absolute atomic E-state index is 13.2. The van der Waals surface area contributed by atoms with Crippen LogP contribution in [0, 0.1) is 5.92 Å². The van der Waals surface area contributed by atoms with Crippen molar-refractivity contribution in [3.05, 3.63) is 17.9 Å². The Bertz CT molecular complexity index is 154. The van der Waals surface area contributed by atoms with Crippen molar-refractivity contribution in [1.82, 2.24) is 0 Å². The first-order valence-corrected chi connectivity index (χ1v) is 3.49. The Hall–Kier alpha value is -0.550. The molecule has 58 valence electrons. The predicted molar refractivity (Wildman–Crippen MR) is 42.7 cm³/mol. The zero-order valence-corrected chi connectivity index (χ0v) is 7.16. The van der Waals surface area contributed by atoms with Crippen LogP contribution in [0.2, 0.25) is 0 Å². The number of alkyl halides is 1. The van der Waals surface area contributed by atoms with Crippen LogP contribution in [0.1, 0.15) is 27.7 Å². The predicted octanol–water partition coefficient (Wildman–Crippen LogP) is 3.10. The molecule has 0 aliphatic rings. The normalized spacial score (nSPS) is 11.4. The fourth-order valence-electron chi connectivity index (χ4n) is 1.10. The molecule has 0 rings (SSSR count). The molecule has 0 aliphatic heterocycles. The van der Waals surface area contributed by atoms with E-state index in [1.165, 1.54) is 13.8 Å². The lowest BCUT2D eigenvalue weighted by Crippen LogP contribution is -2.18. The van der Waals surface area contributed by atoms with Crippen LogP contribution in [-0.2, 0) is 0 Å². The molecule has 10 heavy (non-hydrogen) atoms. The van der Waals surface area contributed by atoms with Crippen LogP contribution in [0.3, 0.4) is 0 Å². The van der Waals surface area contributed by atoms with E-state index in [9.17, 15) is 4.39 Å². The third-order valence-electron chi connectivity index (χ3n) is 1.41. The standard InChI is InChI=1S/C9H15F/c1-6-8(7(2)3)9(4,5)10/h7H,1H2,2-5H3. The summed E-state index contributed by atoms with van der Waals surface area (Å²) in [5.74, 6) is 0.192. The minimum atomic E-state index is -1.27. The average Bonchev–Trinajstić information content (AvgIpc) is 1.60. The second-order valence-corrected chi connectivity index (χ2v) is 3.22. The Morgan fingerprint density at radius 2 is 1.90 bits per heavy atom. The molecule has 0 aromatic heterocycles. The van der Waals surface area contributed by atoms with Crippen molar-refractivity contribution in [3.8, 4) is 0 Å². The molecule has 0 radical (unpaired) electrons. The van der Waals surface area contributed by atoms with Crippen molar-refractivity contribution in [1.29, 1.82) is 0 Å². The van der Waals surface area contributed by atoms with Crippen LogP contribution < -0.4 is 0 Å². The molecular weight excluding hydrogens is 127 g/mol. The highest BCUT2D eigenvalue weighted by molar-refractivity contribution is 5.13. The first-order chi connectivity index (χ1) is 4.39. The highest BCUT2D eigenvalue weighted by Gasteiger charge is 2.23. The molecule has 0 atom stereocenters. The van der Waals surface area contributed by atoms with Gasteiger partial charge in [-0.1, -0.05) is 20.4 Å². The van der Waals surface area contributed by atoms with E-state index in [4.69, 9.17) is 0 Å². The number of hydrogen-bond donors (Lipinski definition) is 0. The Balaban J connectivity index is 4.57. The van der Waals surface area contributed by atoms with E-state index in [2.05, 4.69) is 12.3 Å². The summed E-state index contributed by atoms with van der Waals surface area (Å²) < 4.78 is 13.2. The van der Waals surface area contributed by atoms with E-state index in [0.717, 1.165) is 0 Å². The molecule has 0 unspecified atom stereocenters. The summed E-state index contributed by atoms with van der Waals surface area (Å²) in [6, 6.07) is 0. The van der Waals surface area contributed by atoms with E-state index in [1.54, 1.807) is 0 Å². The Kier molecular flexibility index (Phi) is 2.86. The van der Waals surface area contributed by atoms with E-state index in [1.807, 2.05) is 13.8 Å². The summed E-state index contributed by atoms with van der Waals surface area (Å²) in [7, 11) is 0. The summed E-state index contributed by atoms with van der Waals surface area (Å²) in [6.07, 6.45) is 0.